The van der Waals surface area contributed by atoms with Crippen LogP contribution >= 0.6 is 11.6 Å². The van der Waals surface area contributed by atoms with Crippen LogP contribution in [-0.4, -0.2) is 41.8 Å². The van der Waals surface area contributed by atoms with E-state index in [1.807, 2.05) is 11.8 Å². The van der Waals surface area contributed by atoms with E-state index in [1.54, 1.807) is 0 Å². The number of halogens is 1. The molecular weight excluding hydrogens is 244 g/mol. The van der Waals surface area contributed by atoms with E-state index in [1.165, 1.54) is 6.33 Å². The van der Waals surface area contributed by atoms with Gasteiger partial charge < -0.3 is 20.4 Å². The van der Waals surface area contributed by atoms with Crippen molar-refractivity contribution in [3.05, 3.63) is 21.7 Å². The molecule has 1 fully saturated rings. The van der Waals surface area contributed by atoms with Crippen LogP contribution in [0, 0.1) is 0 Å². The minimum Gasteiger partial charge on any atom is -0.373 e. The first kappa shape index (κ1) is 12.3. The fourth-order valence-electron chi connectivity index (χ4n) is 1.78. The van der Waals surface area contributed by atoms with Crippen molar-refractivity contribution in [2.45, 2.75) is 19.1 Å². The Morgan fingerprint density at radius 2 is 2.53 bits per heavy atom. The van der Waals surface area contributed by atoms with E-state index in [0.717, 1.165) is 0 Å². The van der Waals surface area contributed by atoms with Gasteiger partial charge in [-0.25, -0.2) is 4.98 Å². The number of nitrogens with zero attached hydrogens (tertiary/aromatic N) is 2. The first-order chi connectivity index (χ1) is 8.09. The third-order valence-electron chi connectivity index (χ3n) is 2.76. The molecule has 2 heterocycles. The van der Waals surface area contributed by atoms with E-state index in [0.29, 0.717) is 25.5 Å². The minimum absolute atomic E-state index is 0.0686. The summed E-state index contributed by atoms with van der Waals surface area (Å²) in [5.74, 6) is 0.490. The summed E-state index contributed by atoms with van der Waals surface area (Å²) in [5.41, 5.74) is 5.47. The molecule has 17 heavy (non-hydrogen) atoms. The Kier molecular flexibility index (Phi) is 3.66. The molecule has 0 spiro atoms. The molecule has 0 saturated carbocycles. The molecule has 1 aliphatic heterocycles. The summed E-state index contributed by atoms with van der Waals surface area (Å²) in [6, 6.07) is -0.0708. The Balaban J connectivity index is 2.22. The number of hydrogen-bond donors (Lipinski definition) is 2. The van der Waals surface area contributed by atoms with E-state index in [2.05, 4.69) is 9.97 Å². The number of nitrogens with two attached hydrogens (primary N) is 1. The smallest absolute Gasteiger partial charge is 0.271 e. The fourth-order valence-corrected chi connectivity index (χ4v) is 2.00. The van der Waals surface area contributed by atoms with Crippen LogP contribution in [0.3, 0.4) is 0 Å². The van der Waals surface area contributed by atoms with Gasteiger partial charge in [0.05, 0.1) is 19.0 Å². The minimum atomic E-state index is -0.333. The molecule has 1 aliphatic rings. The average molecular weight is 259 g/mol. The monoisotopic (exact) mass is 258 g/mol. The molecule has 2 atom stereocenters. The van der Waals surface area contributed by atoms with Gasteiger partial charge in [-0.15, -0.1) is 0 Å². The summed E-state index contributed by atoms with van der Waals surface area (Å²) >= 11 is 5.93. The van der Waals surface area contributed by atoms with Gasteiger partial charge >= 0.3 is 0 Å². The lowest BCUT2D eigenvalue weighted by Gasteiger charge is -2.35. The Labute approximate surface area is 104 Å². The SMILES string of the molecule is CC(N)C1CN(c2nc[nH]c(=O)c2Cl)CCO1. The molecule has 1 saturated heterocycles. The van der Waals surface area contributed by atoms with Crippen molar-refractivity contribution >= 4 is 17.4 Å². The maximum Gasteiger partial charge on any atom is 0.271 e. The van der Waals surface area contributed by atoms with Crippen molar-refractivity contribution in [3.8, 4) is 0 Å². The van der Waals surface area contributed by atoms with Gasteiger partial charge in [0.1, 0.15) is 5.02 Å². The van der Waals surface area contributed by atoms with Gasteiger partial charge in [0.25, 0.3) is 5.56 Å². The number of aromatic nitrogens is 2. The summed E-state index contributed by atoms with van der Waals surface area (Å²) in [6.45, 7) is 3.69. The Hall–Kier alpha value is -1.11. The van der Waals surface area contributed by atoms with Crippen molar-refractivity contribution < 1.29 is 4.74 Å². The van der Waals surface area contributed by atoms with Crippen LogP contribution in [0.4, 0.5) is 5.82 Å². The highest BCUT2D eigenvalue weighted by molar-refractivity contribution is 6.32. The van der Waals surface area contributed by atoms with E-state index in [4.69, 9.17) is 22.1 Å². The van der Waals surface area contributed by atoms with Gasteiger partial charge in [-0.1, -0.05) is 11.6 Å². The molecule has 2 rings (SSSR count). The second-order valence-corrected chi connectivity index (χ2v) is 4.46. The maximum atomic E-state index is 11.4. The molecule has 0 bridgehead atoms. The van der Waals surface area contributed by atoms with E-state index in [-0.39, 0.29) is 22.7 Å². The molecule has 0 amide bonds. The molecule has 1 aromatic rings. The molecule has 3 N–H and O–H groups in total. The van der Waals surface area contributed by atoms with Crippen LogP contribution in [0.25, 0.3) is 0 Å². The van der Waals surface area contributed by atoms with E-state index < -0.39 is 0 Å². The highest BCUT2D eigenvalue weighted by Gasteiger charge is 2.25. The predicted molar refractivity (Wildman–Crippen MR) is 65.5 cm³/mol. The zero-order valence-electron chi connectivity index (χ0n) is 9.52. The standard InChI is InChI=1S/C10H15ClN4O2/c1-6(12)7-4-15(2-3-17-7)9-8(11)10(16)14-5-13-9/h5-7H,2-4,12H2,1H3,(H,13,14,16). The topological polar surface area (TPSA) is 84.2 Å². The zero-order valence-corrected chi connectivity index (χ0v) is 10.3. The molecule has 0 aliphatic carbocycles. The number of aromatic amines is 1. The van der Waals surface area contributed by atoms with Crippen molar-refractivity contribution in [1.82, 2.24) is 9.97 Å². The first-order valence-electron chi connectivity index (χ1n) is 5.45. The van der Waals surface area contributed by atoms with Crippen molar-refractivity contribution in [3.63, 3.8) is 0 Å². The number of hydrogen-bond acceptors (Lipinski definition) is 5. The molecule has 7 heteroatoms. The average Bonchev–Trinajstić information content (AvgIpc) is 2.33. The summed E-state index contributed by atoms with van der Waals surface area (Å²) < 4.78 is 5.54. The lowest BCUT2D eigenvalue weighted by molar-refractivity contribution is 0.0273. The van der Waals surface area contributed by atoms with Crippen LogP contribution in [0.15, 0.2) is 11.1 Å². The van der Waals surface area contributed by atoms with Crippen molar-refractivity contribution in [2.75, 3.05) is 24.6 Å². The third-order valence-corrected chi connectivity index (χ3v) is 3.10. The highest BCUT2D eigenvalue weighted by atomic mass is 35.5. The Morgan fingerprint density at radius 3 is 3.24 bits per heavy atom. The number of morpholine rings is 1. The molecule has 94 valence electrons. The molecular formula is C10H15ClN4O2. The number of ether oxygens (including phenoxy) is 1. The molecule has 0 aromatic carbocycles. The maximum absolute atomic E-state index is 11.4. The van der Waals surface area contributed by atoms with Gasteiger partial charge in [-0.2, -0.15) is 0 Å². The summed E-state index contributed by atoms with van der Waals surface area (Å²) in [5, 5.41) is 0.109. The number of H-pyrrole nitrogens is 1. The lowest BCUT2D eigenvalue weighted by Crippen LogP contribution is -2.50. The van der Waals surface area contributed by atoms with Crippen LogP contribution < -0.4 is 16.2 Å². The normalized spacial score (nSPS) is 22.5. The molecule has 6 nitrogen and oxygen atoms in total. The van der Waals surface area contributed by atoms with Gasteiger partial charge in [0.15, 0.2) is 5.82 Å². The predicted octanol–water partition coefficient (Wildman–Crippen LogP) is -0.0243. The second-order valence-electron chi connectivity index (χ2n) is 4.08. The summed E-state index contributed by atoms with van der Waals surface area (Å²) in [6.07, 6.45) is 1.28. The van der Waals surface area contributed by atoms with E-state index >= 15 is 0 Å². The van der Waals surface area contributed by atoms with Gasteiger partial charge in [-0.3, -0.25) is 4.79 Å². The fraction of sp³-hybridized carbons (Fsp3) is 0.600. The van der Waals surface area contributed by atoms with Crippen LogP contribution in [0.5, 0.6) is 0 Å². The number of rotatable bonds is 2. The van der Waals surface area contributed by atoms with Gasteiger partial charge in [0.2, 0.25) is 0 Å². The van der Waals surface area contributed by atoms with Crippen molar-refractivity contribution in [2.24, 2.45) is 5.73 Å². The summed E-state index contributed by atoms with van der Waals surface area (Å²) in [4.78, 5) is 19.8. The lowest BCUT2D eigenvalue weighted by atomic mass is 10.1. The quantitative estimate of drug-likeness (QED) is 0.779. The van der Waals surface area contributed by atoms with Crippen LogP contribution in [-0.2, 0) is 4.74 Å². The van der Waals surface area contributed by atoms with Crippen LogP contribution in [0.1, 0.15) is 6.92 Å². The third kappa shape index (κ3) is 2.59. The largest absolute Gasteiger partial charge is 0.373 e. The first-order valence-corrected chi connectivity index (χ1v) is 5.82. The van der Waals surface area contributed by atoms with Gasteiger partial charge in [0, 0.05) is 19.1 Å². The highest BCUT2D eigenvalue weighted by Crippen LogP contribution is 2.21. The van der Waals surface area contributed by atoms with Crippen molar-refractivity contribution in [1.29, 1.82) is 0 Å². The number of nitrogens with one attached hydrogen (secondary N) is 1. The molecule has 1 aromatic heterocycles. The summed E-state index contributed by atoms with van der Waals surface area (Å²) in [7, 11) is 0. The van der Waals surface area contributed by atoms with Crippen LogP contribution in [0.2, 0.25) is 5.02 Å². The Bertz CT molecular complexity index is 448. The van der Waals surface area contributed by atoms with E-state index in [9.17, 15) is 4.79 Å². The second kappa shape index (κ2) is 5.03. The molecule has 0 radical (unpaired) electrons. The number of anilines is 1. The zero-order chi connectivity index (χ0) is 12.4. The molecule has 2 unspecified atom stereocenters. The van der Waals surface area contributed by atoms with Gasteiger partial charge in [-0.05, 0) is 6.92 Å². The Morgan fingerprint density at radius 1 is 1.76 bits per heavy atom.